The minimum absolute atomic E-state index is 0.0136. The van der Waals surface area contributed by atoms with Crippen LogP contribution in [0.15, 0.2) is 18.2 Å². The maximum absolute atomic E-state index is 12.3. The van der Waals surface area contributed by atoms with Crippen LogP contribution in [0.5, 0.6) is 5.75 Å². The van der Waals surface area contributed by atoms with Gasteiger partial charge in [-0.15, -0.1) is 0 Å². The van der Waals surface area contributed by atoms with E-state index in [1.54, 1.807) is 0 Å². The van der Waals surface area contributed by atoms with Gasteiger partial charge in [0.25, 0.3) is 5.91 Å². The highest BCUT2D eigenvalue weighted by Gasteiger charge is 2.26. The molecule has 0 spiro atoms. The first-order valence-corrected chi connectivity index (χ1v) is 7.78. The maximum Gasteiger partial charge on any atom is 0.260 e. The predicted octanol–water partition coefficient (Wildman–Crippen LogP) is 2.61. The van der Waals surface area contributed by atoms with Crippen molar-refractivity contribution in [3.63, 3.8) is 0 Å². The number of hydrogen-bond donors (Lipinski definition) is 1. The first-order chi connectivity index (χ1) is 9.99. The molecule has 2 rings (SSSR count). The second-order valence-electron chi connectivity index (χ2n) is 5.75. The van der Waals surface area contributed by atoms with Gasteiger partial charge in [-0.3, -0.25) is 4.79 Å². The summed E-state index contributed by atoms with van der Waals surface area (Å²) in [5.74, 6) is 1.06. The number of hydrogen-bond acceptors (Lipinski definition) is 3. The van der Waals surface area contributed by atoms with Crippen LogP contribution < -0.4 is 10.5 Å². The van der Waals surface area contributed by atoms with E-state index in [-0.39, 0.29) is 18.6 Å². The second kappa shape index (κ2) is 7.14. The van der Waals surface area contributed by atoms with Crippen LogP contribution >= 0.6 is 11.6 Å². The zero-order valence-corrected chi connectivity index (χ0v) is 13.4. The molecule has 1 fully saturated rings. The lowest BCUT2D eigenvalue weighted by Gasteiger charge is -2.34. The van der Waals surface area contributed by atoms with Crippen molar-refractivity contribution in [3.05, 3.63) is 28.8 Å². The first-order valence-electron chi connectivity index (χ1n) is 7.40. The molecule has 0 unspecified atom stereocenters. The highest BCUT2D eigenvalue weighted by atomic mass is 35.5. The fourth-order valence-electron chi connectivity index (χ4n) is 2.64. The summed E-state index contributed by atoms with van der Waals surface area (Å²) in [7, 11) is 0. The van der Waals surface area contributed by atoms with E-state index in [0.29, 0.717) is 16.7 Å². The number of piperidine rings is 1. The molecule has 4 nitrogen and oxygen atoms in total. The first kappa shape index (κ1) is 16.1. The zero-order chi connectivity index (χ0) is 15.4. The Morgan fingerprint density at radius 1 is 1.57 bits per heavy atom. The summed E-state index contributed by atoms with van der Waals surface area (Å²) in [5.41, 5.74) is 6.81. The highest BCUT2D eigenvalue weighted by molar-refractivity contribution is 6.31. The van der Waals surface area contributed by atoms with Gasteiger partial charge in [0.1, 0.15) is 5.75 Å². The molecule has 0 bridgehead atoms. The lowest BCUT2D eigenvalue weighted by molar-refractivity contribution is -0.135. The van der Waals surface area contributed by atoms with E-state index < -0.39 is 0 Å². The van der Waals surface area contributed by atoms with Crippen molar-refractivity contribution in [1.29, 1.82) is 0 Å². The number of nitrogens with two attached hydrogens (primary N) is 1. The van der Waals surface area contributed by atoms with Crippen LogP contribution in [0.1, 0.15) is 25.3 Å². The number of carbonyl (C=O) groups is 1. The Morgan fingerprint density at radius 3 is 3.05 bits per heavy atom. The Labute approximate surface area is 131 Å². The standard InChI is InChI=1S/C16H23ClN2O2/c1-11-14(17)6-3-7-15(11)21-10-16(20)19-8-4-5-13(9-19)12(2)18/h3,6-7,12-13H,4-5,8-10,18H2,1-2H3/t12-,13-/m1/s1. The molecule has 0 saturated carbocycles. The molecule has 21 heavy (non-hydrogen) atoms. The summed E-state index contributed by atoms with van der Waals surface area (Å²) >= 11 is 6.04. The summed E-state index contributed by atoms with van der Waals surface area (Å²) in [6.45, 7) is 5.46. The van der Waals surface area contributed by atoms with Crippen molar-refractivity contribution in [3.8, 4) is 5.75 Å². The molecule has 1 aromatic carbocycles. The minimum atomic E-state index is 0.0136. The number of carbonyl (C=O) groups excluding carboxylic acids is 1. The van der Waals surface area contributed by atoms with Crippen molar-refractivity contribution in [1.82, 2.24) is 4.90 Å². The van der Waals surface area contributed by atoms with E-state index >= 15 is 0 Å². The number of ether oxygens (including phenoxy) is 1. The number of halogens is 1. The van der Waals surface area contributed by atoms with E-state index in [0.717, 1.165) is 31.5 Å². The summed E-state index contributed by atoms with van der Waals surface area (Å²) in [5, 5.41) is 0.648. The number of likely N-dealkylation sites (tertiary alicyclic amines) is 1. The highest BCUT2D eigenvalue weighted by Crippen LogP contribution is 2.25. The SMILES string of the molecule is Cc1c(Cl)cccc1OCC(=O)N1CCC[C@@H]([C@@H](C)N)C1. The van der Waals surface area contributed by atoms with E-state index in [1.807, 2.05) is 36.9 Å². The van der Waals surface area contributed by atoms with Crippen LogP contribution in [0.2, 0.25) is 5.02 Å². The summed E-state index contributed by atoms with van der Waals surface area (Å²) < 4.78 is 5.62. The van der Waals surface area contributed by atoms with Gasteiger partial charge in [0.05, 0.1) is 0 Å². The molecule has 1 aliphatic rings. The van der Waals surface area contributed by atoms with Gasteiger partial charge in [-0.2, -0.15) is 0 Å². The molecule has 1 aromatic rings. The van der Waals surface area contributed by atoms with Gasteiger partial charge >= 0.3 is 0 Å². The quantitative estimate of drug-likeness (QED) is 0.930. The average Bonchev–Trinajstić information content (AvgIpc) is 2.48. The van der Waals surface area contributed by atoms with Crippen molar-refractivity contribution < 1.29 is 9.53 Å². The Bertz CT molecular complexity index is 505. The monoisotopic (exact) mass is 310 g/mol. The summed E-state index contributed by atoms with van der Waals surface area (Å²) in [4.78, 5) is 14.1. The molecular weight excluding hydrogens is 288 g/mol. The summed E-state index contributed by atoms with van der Waals surface area (Å²) in [6.07, 6.45) is 2.10. The number of amides is 1. The number of nitrogens with zero attached hydrogens (tertiary/aromatic N) is 1. The Morgan fingerprint density at radius 2 is 2.33 bits per heavy atom. The van der Waals surface area contributed by atoms with Crippen molar-refractivity contribution in [2.45, 2.75) is 32.7 Å². The lowest BCUT2D eigenvalue weighted by Crippen LogP contribution is -2.46. The molecule has 1 saturated heterocycles. The van der Waals surface area contributed by atoms with Crippen LogP contribution in [0.3, 0.4) is 0 Å². The maximum atomic E-state index is 12.3. The van der Waals surface area contributed by atoms with Crippen LogP contribution in [0, 0.1) is 12.8 Å². The normalized spacial score (nSPS) is 20.2. The third-order valence-electron chi connectivity index (χ3n) is 4.12. The average molecular weight is 311 g/mol. The number of benzene rings is 1. The van der Waals surface area contributed by atoms with Gasteiger partial charge in [-0.25, -0.2) is 0 Å². The molecule has 1 aliphatic heterocycles. The molecule has 0 aromatic heterocycles. The Kier molecular flexibility index (Phi) is 5.48. The van der Waals surface area contributed by atoms with Gasteiger partial charge in [-0.1, -0.05) is 17.7 Å². The Balaban J connectivity index is 1.91. The predicted molar refractivity (Wildman–Crippen MR) is 84.6 cm³/mol. The fraction of sp³-hybridized carbons (Fsp3) is 0.562. The van der Waals surface area contributed by atoms with Crippen molar-refractivity contribution >= 4 is 17.5 Å². The van der Waals surface area contributed by atoms with Gasteiger partial charge in [-0.05, 0) is 44.7 Å². The van der Waals surface area contributed by atoms with Gasteiger partial charge in [0.2, 0.25) is 0 Å². The molecule has 2 N–H and O–H groups in total. The second-order valence-corrected chi connectivity index (χ2v) is 6.16. The van der Waals surface area contributed by atoms with E-state index in [1.165, 1.54) is 0 Å². The number of rotatable bonds is 4. The van der Waals surface area contributed by atoms with Gasteiger partial charge < -0.3 is 15.4 Å². The Hall–Kier alpha value is -1.26. The van der Waals surface area contributed by atoms with Crippen molar-refractivity contribution in [2.75, 3.05) is 19.7 Å². The molecule has 0 aliphatic carbocycles. The van der Waals surface area contributed by atoms with Crippen LogP contribution in [-0.4, -0.2) is 36.5 Å². The minimum Gasteiger partial charge on any atom is -0.483 e. The molecule has 1 amide bonds. The third-order valence-corrected chi connectivity index (χ3v) is 4.53. The molecule has 5 heteroatoms. The fourth-order valence-corrected chi connectivity index (χ4v) is 2.81. The molecule has 2 atom stereocenters. The van der Waals surface area contributed by atoms with E-state index in [9.17, 15) is 4.79 Å². The smallest absolute Gasteiger partial charge is 0.260 e. The third kappa shape index (κ3) is 4.11. The van der Waals surface area contributed by atoms with Crippen LogP contribution in [0.4, 0.5) is 0 Å². The molecular formula is C16H23ClN2O2. The van der Waals surface area contributed by atoms with E-state index in [4.69, 9.17) is 22.1 Å². The van der Waals surface area contributed by atoms with Crippen LogP contribution in [-0.2, 0) is 4.79 Å². The summed E-state index contributed by atoms with van der Waals surface area (Å²) in [6, 6.07) is 5.58. The molecule has 1 heterocycles. The van der Waals surface area contributed by atoms with Crippen LogP contribution in [0.25, 0.3) is 0 Å². The van der Waals surface area contributed by atoms with Crippen molar-refractivity contribution in [2.24, 2.45) is 11.7 Å². The lowest BCUT2D eigenvalue weighted by atomic mass is 9.92. The largest absolute Gasteiger partial charge is 0.483 e. The zero-order valence-electron chi connectivity index (χ0n) is 12.6. The van der Waals surface area contributed by atoms with E-state index in [2.05, 4.69) is 0 Å². The van der Waals surface area contributed by atoms with Gasteiger partial charge in [0, 0.05) is 29.7 Å². The van der Waals surface area contributed by atoms with Gasteiger partial charge in [0.15, 0.2) is 6.61 Å². The molecule has 0 radical (unpaired) electrons. The topological polar surface area (TPSA) is 55.6 Å². The molecule has 116 valence electrons.